The van der Waals surface area contributed by atoms with Gasteiger partial charge in [-0.1, -0.05) is 0 Å². The van der Waals surface area contributed by atoms with Gasteiger partial charge in [0.05, 0.1) is 23.8 Å². The lowest BCUT2D eigenvalue weighted by atomic mass is 10.4. The van der Waals surface area contributed by atoms with Crippen LogP contribution in [0.5, 0.6) is 0 Å². The lowest BCUT2D eigenvalue weighted by Crippen LogP contribution is -2.18. The molecule has 150 valence electrons. The molecule has 0 saturated carbocycles. The maximum atomic E-state index is 12.3. The molecule has 3 heterocycles. The van der Waals surface area contributed by atoms with Crippen molar-refractivity contribution in [2.24, 2.45) is 0 Å². The summed E-state index contributed by atoms with van der Waals surface area (Å²) in [5.41, 5.74) is 2.36. The van der Waals surface area contributed by atoms with Crippen molar-refractivity contribution in [3.63, 3.8) is 0 Å². The third-order valence-corrected chi connectivity index (χ3v) is 3.64. The highest BCUT2D eigenvalue weighted by molar-refractivity contribution is 6.02. The van der Waals surface area contributed by atoms with Crippen LogP contribution in [-0.2, 0) is 18.1 Å². The van der Waals surface area contributed by atoms with E-state index in [9.17, 15) is 18.0 Å². The Balaban J connectivity index is 1.55. The average molecular weight is 397 g/mol. The van der Waals surface area contributed by atoms with Gasteiger partial charge < -0.3 is 10.1 Å². The molecule has 3 rings (SSSR count). The number of halogens is 3. The number of aryl methyl sites for hydroxylation is 2. The van der Waals surface area contributed by atoms with Crippen molar-refractivity contribution < 1.29 is 22.7 Å². The molecule has 0 bridgehead atoms. The predicted octanol–water partition coefficient (Wildman–Crippen LogP) is 2.19. The summed E-state index contributed by atoms with van der Waals surface area (Å²) < 4.78 is 45.2. The van der Waals surface area contributed by atoms with E-state index in [1.165, 1.54) is 12.4 Å². The molecule has 0 aliphatic rings. The Labute approximate surface area is 157 Å². The number of amides is 1. The van der Waals surface area contributed by atoms with E-state index >= 15 is 0 Å². The van der Waals surface area contributed by atoms with Crippen molar-refractivity contribution in [3.8, 4) is 0 Å². The second-order valence-electron chi connectivity index (χ2n) is 6.12. The number of ether oxygens (including phenoxy) is 1. The quantitative estimate of drug-likeness (QED) is 0.660. The summed E-state index contributed by atoms with van der Waals surface area (Å²) in [4.78, 5) is 12.3. The van der Waals surface area contributed by atoms with Gasteiger partial charge in [0.25, 0.3) is 5.91 Å². The van der Waals surface area contributed by atoms with Crippen molar-refractivity contribution >= 4 is 11.6 Å². The van der Waals surface area contributed by atoms with E-state index in [0.717, 1.165) is 16.1 Å². The third kappa shape index (κ3) is 5.19. The topological polar surface area (TPSA) is 91.8 Å². The number of rotatable bonds is 7. The van der Waals surface area contributed by atoms with E-state index in [4.69, 9.17) is 0 Å². The van der Waals surface area contributed by atoms with Crippen molar-refractivity contribution in [1.29, 1.82) is 0 Å². The Morgan fingerprint density at radius 1 is 1.25 bits per heavy atom. The van der Waals surface area contributed by atoms with Gasteiger partial charge in [-0.3, -0.25) is 9.48 Å². The molecule has 0 saturated heterocycles. The molecule has 0 aromatic carbocycles. The van der Waals surface area contributed by atoms with E-state index in [2.05, 4.69) is 25.3 Å². The molecule has 0 fully saturated rings. The summed E-state index contributed by atoms with van der Waals surface area (Å²) in [5.74, 6) is -0.470. The van der Waals surface area contributed by atoms with Crippen LogP contribution in [-0.4, -0.2) is 48.0 Å². The Hall–Kier alpha value is -3.15. The molecule has 12 heteroatoms. The van der Waals surface area contributed by atoms with Gasteiger partial charge in [-0.05, 0) is 26.0 Å². The zero-order valence-corrected chi connectivity index (χ0v) is 15.1. The number of aromatic nitrogens is 6. The van der Waals surface area contributed by atoms with Gasteiger partial charge in [0.15, 0.2) is 5.69 Å². The Kier molecular flexibility index (Phi) is 5.49. The molecule has 28 heavy (non-hydrogen) atoms. The standard InChI is InChI=1S/C16H18F3N7O2/c1-11-5-12(2)26(22-11)9-24-4-3-14(23-24)15(27)21-13-6-20-25(7-13)10-28-8-16(17,18)19/h3-7H,8-10H2,1-2H3,(H,21,27). The van der Waals surface area contributed by atoms with Crippen LogP contribution in [0.15, 0.2) is 30.7 Å². The second kappa shape index (κ2) is 7.84. The summed E-state index contributed by atoms with van der Waals surface area (Å²) in [6.07, 6.45) is -0.0843. The summed E-state index contributed by atoms with van der Waals surface area (Å²) in [7, 11) is 0. The maximum absolute atomic E-state index is 12.3. The summed E-state index contributed by atoms with van der Waals surface area (Å²) >= 11 is 0. The SMILES string of the molecule is Cc1cc(C)n(Cn2ccc(C(=O)Nc3cnn(COCC(F)(F)F)c3)n2)n1. The van der Waals surface area contributed by atoms with Crippen LogP contribution in [0.2, 0.25) is 0 Å². The molecule has 0 atom stereocenters. The number of anilines is 1. The lowest BCUT2D eigenvalue weighted by Gasteiger charge is -2.07. The molecule has 0 spiro atoms. The normalized spacial score (nSPS) is 11.8. The first-order valence-corrected chi connectivity index (χ1v) is 8.22. The first-order valence-electron chi connectivity index (χ1n) is 8.22. The first kappa shape index (κ1) is 19.6. The third-order valence-electron chi connectivity index (χ3n) is 3.64. The fourth-order valence-corrected chi connectivity index (χ4v) is 2.47. The van der Waals surface area contributed by atoms with Gasteiger partial charge in [0, 0.05) is 11.9 Å². The van der Waals surface area contributed by atoms with Gasteiger partial charge >= 0.3 is 6.18 Å². The van der Waals surface area contributed by atoms with Gasteiger partial charge in [-0.15, -0.1) is 0 Å². The van der Waals surface area contributed by atoms with E-state index in [0.29, 0.717) is 12.4 Å². The lowest BCUT2D eigenvalue weighted by molar-refractivity contribution is -0.182. The molecule has 1 N–H and O–H groups in total. The molecular weight excluding hydrogens is 379 g/mol. The van der Waals surface area contributed by atoms with E-state index in [-0.39, 0.29) is 12.4 Å². The number of carbonyl (C=O) groups excluding carboxylic acids is 1. The molecular formula is C16H18F3N7O2. The van der Waals surface area contributed by atoms with Gasteiger partial charge in [-0.2, -0.15) is 28.5 Å². The fourth-order valence-electron chi connectivity index (χ4n) is 2.47. The van der Waals surface area contributed by atoms with Gasteiger partial charge in [0.1, 0.15) is 20.0 Å². The van der Waals surface area contributed by atoms with Crippen molar-refractivity contribution in [1.82, 2.24) is 29.3 Å². The highest BCUT2D eigenvalue weighted by Gasteiger charge is 2.27. The number of hydrogen-bond acceptors (Lipinski definition) is 5. The Morgan fingerprint density at radius 3 is 2.71 bits per heavy atom. The summed E-state index contributed by atoms with van der Waals surface area (Å²) in [6.45, 7) is 2.42. The molecule has 0 unspecified atom stereocenters. The Morgan fingerprint density at radius 2 is 2.04 bits per heavy atom. The van der Waals surface area contributed by atoms with E-state index in [1.54, 1.807) is 21.6 Å². The van der Waals surface area contributed by atoms with Crippen LogP contribution in [0.4, 0.5) is 18.9 Å². The van der Waals surface area contributed by atoms with Gasteiger partial charge in [-0.25, -0.2) is 9.36 Å². The predicted molar refractivity (Wildman–Crippen MR) is 91.5 cm³/mol. The van der Waals surface area contributed by atoms with Crippen molar-refractivity contribution in [3.05, 3.63) is 47.8 Å². The van der Waals surface area contributed by atoms with Crippen LogP contribution in [0.25, 0.3) is 0 Å². The summed E-state index contributed by atoms with van der Waals surface area (Å²) in [6, 6.07) is 3.49. The number of hydrogen-bond donors (Lipinski definition) is 1. The van der Waals surface area contributed by atoms with E-state index in [1.807, 2.05) is 19.9 Å². The van der Waals surface area contributed by atoms with Crippen LogP contribution < -0.4 is 5.32 Å². The maximum Gasteiger partial charge on any atom is 0.411 e. The molecule has 1 amide bonds. The highest BCUT2D eigenvalue weighted by atomic mass is 19.4. The first-order chi connectivity index (χ1) is 13.2. The largest absolute Gasteiger partial charge is 0.411 e. The molecule has 3 aromatic heterocycles. The number of carbonyl (C=O) groups is 1. The average Bonchev–Trinajstić information content (AvgIpc) is 3.29. The minimum atomic E-state index is -4.41. The van der Waals surface area contributed by atoms with E-state index < -0.39 is 18.7 Å². The fraction of sp³-hybridized carbons (Fsp3) is 0.375. The van der Waals surface area contributed by atoms with Crippen molar-refractivity contribution in [2.45, 2.75) is 33.4 Å². The number of nitrogens with zero attached hydrogens (tertiary/aromatic N) is 6. The smallest absolute Gasteiger partial charge is 0.350 e. The minimum Gasteiger partial charge on any atom is -0.350 e. The van der Waals surface area contributed by atoms with Crippen LogP contribution in [0, 0.1) is 13.8 Å². The minimum absolute atomic E-state index is 0.183. The highest BCUT2D eigenvalue weighted by Crippen LogP contribution is 2.15. The molecule has 0 aliphatic carbocycles. The molecule has 3 aromatic rings. The van der Waals surface area contributed by atoms with Crippen LogP contribution in [0.3, 0.4) is 0 Å². The van der Waals surface area contributed by atoms with Crippen molar-refractivity contribution in [2.75, 3.05) is 11.9 Å². The zero-order chi connectivity index (χ0) is 20.3. The Bertz CT molecular complexity index is 958. The second-order valence-corrected chi connectivity index (χ2v) is 6.12. The van der Waals surface area contributed by atoms with Gasteiger partial charge in [0.2, 0.25) is 0 Å². The summed E-state index contributed by atoms with van der Waals surface area (Å²) in [5, 5.41) is 14.9. The number of nitrogens with one attached hydrogen (secondary N) is 1. The van der Waals surface area contributed by atoms with Crippen LogP contribution >= 0.6 is 0 Å². The van der Waals surface area contributed by atoms with Crippen LogP contribution in [0.1, 0.15) is 21.9 Å². The monoisotopic (exact) mass is 397 g/mol. The molecule has 0 radical (unpaired) electrons. The zero-order valence-electron chi connectivity index (χ0n) is 15.1. The molecule has 0 aliphatic heterocycles. The number of alkyl halides is 3. The molecule has 9 nitrogen and oxygen atoms in total.